The third kappa shape index (κ3) is 8.34. The van der Waals surface area contributed by atoms with Crippen molar-refractivity contribution in [2.24, 2.45) is 5.92 Å². The highest BCUT2D eigenvalue weighted by atomic mass is 16.6. The summed E-state index contributed by atoms with van der Waals surface area (Å²) in [6, 6.07) is 13.8. The lowest BCUT2D eigenvalue weighted by Gasteiger charge is -2.34. The first-order chi connectivity index (χ1) is 22.2. The molecule has 2 amide bonds. The highest BCUT2D eigenvalue weighted by Gasteiger charge is 2.29. The fraction of sp³-hybridized carbons (Fsp3) is 0.412. The van der Waals surface area contributed by atoms with E-state index in [1.54, 1.807) is 56.1 Å². The summed E-state index contributed by atoms with van der Waals surface area (Å²) in [5.41, 5.74) is 0.107. The molecule has 1 aliphatic heterocycles. The van der Waals surface area contributed by atoms with Crippen LogP contribution in [0.2, 0.25) is 0 Å². The van der Waals surface area contributed by atoms with E-state index in [0.29, 0.717) is 53.4 Å². The minimum Gasteiger partial charge on any atom is -0.493 e. The van der Waals surface area contributed by atoms with Gasteiger partial charge in [-0.3, -0.25) is 0 Å². The Bertz CT molecular complexity index is 1770. The Hall–Kier alpha value is -5.20. The molecule has 1 saturated heterocycles. The van der Waals surface area contributed by atoms with Gasteiger partial charge in [-0.15, -0.1) is 0 Å². The zero-order valence-corrected chi connectivity index (χ0v) is 27.5. The minimum absolute atomic E-state index is 0.154. The molecule has 0 radical (unpaired) electrons. The summed E-state index contributed by atoms with van der Waals surface area (Å²) >= 11 is 0. The van der Waals surface area contributed by atoms with Gasteiger partial charge in [0.1, 0.15) is 22.8 Å². The Labute approximate surface area is 273 Å². The van der Waals surface area contributed by atoms with Crippen molar-refractivity contribution in [3.63, 3.8) is 0 Å². The van der Waals surface area contributed by atoms with Crippen molar-refractivity contribution < 1.29 is 33.7 Å². The zero-order chi connectivity index (χ0) is 33.9. The number of amides is 2. The van der Waals surface area contributed by atoms with Crippen LogP contribution >= 0.6 is 0 Å². The Morgan fingerprint density at radius 3 is 2.49 bits per heavy atom. The number of likely N-dealkylation sites (tertiary alicyclic amines) is 1. The Balaban J connectivity index is 1.37. The number of carbonyl (C=O) groups excluding carboxylic acids is 2. The fourth-order valence-corrected chi connectivity index (χ4v) is 5.20. The summed E-state index contributed by atoms with van der Waals surface area (Å²) in [5.74, 6) is 1.39. The first-order valence-corrected chi connectivity index (χ1v) is 15.5. The molecule has 5 rings (SSSR count). The lowest BCUT2D eigenvalue weighted by atomic mass is 9.99. The van der Waals surface area contributed by atoms with E-state index in [9.17, 15) is 19.5 Å². The van der Waals surface area contributed by atoms with Gasteiger partial charge >= 0.3 is 18.3 Å². The van der Waals surface area contributed by atoms with Crippen LogP contribution in [0.5, 0.6) is 5.75 Å². The van der Waals surface area contributed by atoms with Crippen LogP contribution in [-0.2, 0) is 9.47 Å². The van der Waals surface area contributed by atoms with Gasteiger partial charge < -0.3 is 24.2 Å². The zero-order valence-electron chi connectivity index (χ0n) is 27.5. The maximum absolute atomic E-state index is 13.6. The number of nitrogens with zero attached hydrogens (tertiary/aromatic N) is 6. The van der Waals surface area contributed by atoms with Gasteiger partial charge in [-0.05, 0) is 90.8 Å². The van der Waals surface area contributed by atoms with E-state index in [0.717, 1.165) is 17.5 Å². The van der Waals surface area contributed by atoms with Gasteiger partial charge in [-0.25, -0.2) is 29.3 Å². The number of piperidine rings is 1. The van der Waals surface area contributed by atoms with E-state index in [1.165, 1.54) is 11.1 Å². The number of carbonyl (C=O) groups is 3. The van der Waals surface area contributed by atoms with Crippen molar-refractivity contribution in [3.8, 4) is 17.1 Å². The van der Waals surface area contributed by atoms with Crippen molar-refractivity contribution in [3.05, 3.63) is 60.9 Å². The second kappa shape index (κ2) is 13.3. The molecule has 1 aliphatic rings. The number of carboxylic acid groups (broad SMARTS) is 1. The molecular formula is C34H40N6O7. The highest BCUT2D eigenvalue weighted by Crippen LogP contribution is 2.31. The topological polar surface area (TPSA) is 149 Å². The first kappa shape index (κ1) is 33.2. The van der Waals surface area contributed by atoms with E-state index in [-0.39, 0.29) is 17.8 Å². The monoisotopic (exact) mass is 644 g/mol. The van der Waals surface area contributed by atoms with Crippen LogP contribution in [0.4, 0.5) is 25.9 Å². The maximum atomic E-state index is 13.6. The van der Waals surface area contributed by atoms with Gasteiger partial charge in [-0.2, -0.15) is 9.78 Å². The standard InChI is InChI=1S/C34H40N6O7/c1-33(2,3)46-31(43)38-16-8-9-22(20-38)21-45-26-11-7-10-23(18-26)29-35-15-14-28(37-29)39(32(44)47-34(4,5)6)25-12-13-27-24(17-25)19-36-40(27)30(41)42/h7,10-15,17-19,22H,8-9,16,20-21H2,1-6H3,(H,41,42). The quantitative estimate of drug-likeness (QED) is 0.230. The molecule has 1 N–H and O–H groups in total. The molecule has 1 fully saturated rings. The molecule has 1 atom stereocenters. The molecule has 0 bridgehead atoms. The van der Waals surface area contributed by atoms with E-state index >= 15 is 0 Å². The SMILES string of the molecule is CC(C)(C)OC(=O)N1CCCC(COc2cccc(-c3nccc(N(C(=O)OC(C)(C)C)c4ccc5c(cnn5C(=O)O)c4)n3)c2)C1. The van der Waals surface area contributed by atoms with E-state index in [2.05, 4.69) is 10.1 Å². The van der Waals surface area contributed by atoms with Crippen molar-refractivity contribution in [1.82, 2.24) is 24.6 Å². The Morgan fingerprint density at radius 2 is 1.77 bits per heavy atom. The third-order valence-electron chi connectivity index (χ3n) is 7.19. The number of aromatic nitrogens is 4. The molecule has 47 heavy (non-hydrogen) atoms. The van der Waals surface area contributed by atoms with Crippen LogP contribution in [0.25, 0.3) is 22.3 Å². The molecule has 0 saturated carbocycles. The predicted molar refractivity (Wildman–Crippen MR) is 175 cm³/mol. The average Bonchev–Trinajstić information content (AvgIpc) is 3.43. The molecule has 0 aliphatic carbocycles. The number of anilines is 2. The van der Waals surface area contributed by atoms with Crippen LogP contribution in [0.1, 0.15) is 54.4 Å². The molecule has 2 aromatic heterocycles. The summed E-state index contributed by atoms with van der Waals surface area (Å²) in [6.07, 6.45) is 2.58. The van der Waals surface area contributed by atoms with Crippen molar-refractivity contribution in [2.45, 2.75) is 65.6 Å². The second-order valence-corrected chi connectivity index (χ2v) is 13.4. The highest BCUT2D eigenvalue weighted by molar-refractivity contribution is 5.98. The predicted octanol–water partition coefficient (Wildman–Crippen LogP) is 7.12. The number of hydrogen-bond donors (Lipinski definition) is 1. The van der Waals surface area contributed by atoms with Crippen LogP contribution in [0, 0.1) is 5.92 Å². The molecule has 4 aromatic rings. The van der Waals surface area contributed by atoms with Crippen LogP contribution in [-0.4, -0.2) is 78.9 Å². The Morgan fingerprint density at radius 1 is 1.00 bits per heavy atom. The molecule has 1 unspecified atom stereocenters. The average molecular weight is 645 g/mol. The normalized spacial score (nSPS) is 15.3. The molecule has 3 heterocycles. The lowest BCUT2D eigenvalue weighted by Crippen LogP contribution is -2.44. The van der Waals surface area contributed by atoms with Gasteiger partial charge in [0, 0.05) is 36.2 Å². The maximum Gasteiger partial charge on any atom is 0.432 e. The molecule has 13 nitrogen and oxygen atoms in total. The molecule has 2 aromatic carbocycles. The van der Waals surface area contributed by atoms with Gasteiger partial charge in [0.05, 0.1) is 24.0 Å². The van der Waals surface area contributed by atoms with Crippen molar-refractivity contribution >= 4 is 40.7 Å². The largest absolute Gasteiger partial charge is 0.493 e. The smallest absolute Gasteiger partial charge is 0.432 e. The molecule has 0 spiro atoms. The first-order valence-electron chi connectivity index (χ1n) is 15.5. The van der Waals surface area contributed by atoms with Gasteiger partial charge in [0.2, 0.25) is 0 Å². The summed E-state index contributed by atoms with van der Waals surface area (Å²) < 4.78 is 18.3. The van der Waals surface area contributed by atoms with Crippen LogP contribution in [0.3, 0.4) is 0 Å². The number of rotatable bonds is 6. The van der Waals surface area contributed by atoms with Crippen molar-refractivity contribution in [2.75, 3.05) is 24.6 Å². The fourth-order valence-electron chi connectivity index (χ4n) is 5.20. The lowest BCUT2D eigenvalue weighted by molar-refractivity contribution is 0.0139. The van der Waals surface area contributed by atoms with Gasteiger partial charge in [0.25, 0.3) is 0 Å². The second-order valence-electron chi connectivity index (χ2n) is 13.4. The number of fused-ring (bicyclic) bond motifs is 1. The van der Waals surface area contributed by atoms with Gasteiger partial charge in [0.15, 0.2) is 5.82 Å². The molecule has 13 heteroatoms. The van der Waals surface area contributed by atoms with E-state index < -0.39 is 23.4 Å². The van der Waals surface area contributed by atoms with E-state index in [4.69, 9.17) is 19.2 Å². The van der Waals surface area contributed by atoms with Crippen LogP contribution in [0.15, 0.2) is 60.9 Å². The Kier molecular flexibility index (Phi) is 9.36. The number of benzene rings is 2. The summed E-state index contributed by atoms with van der Waals surface area (Å²) in [5, 5.41) is 13.9. The molecular weight excluding hydrogens is 604 g/mol. The summed E-state index contributed by atoms with van der Waals surface area (Å²) in [4.78, 5) is 49.9. The van der Waals surface area contributed by atoms with Gasteiger partial charge in [-0.1, -0.05) is 12.1 Å². The van der Waals surface area contributed by atoms with Crippen LogP contribution < -0.4 is 9.64 Å². The summed E-state index contributed by atoms with van der Waals surface area (Å²) in [6.45, 7) is 12.5. The van der Waals surface area contributed by atoms with Crippen molar-refractivity contribution in [1.29, 1.82) is 0 Å². The van der Waals surface area contributed by atoms with E-state index in [1.807, 2.05) is 45.0 Å². The number of ether oxygens (including phenoxy) is 3. The summed E-state index contributed by atoms with van der Waals surface area (Å²) in [7, 11) is 0. The molecule has 248 valence electrons. The third-order valence-corrected chi connectivity index (χ3v) is 7.19. The number of hydrogen-bond acceptors (Lipinski definition) is 9. The minimum atomic E-state index is -1.22.